The number of hydrogen-bond acceptors (Lipinski definition) is 4. The van der Waals surface area contributed by atoms with Crippen molar-refractivity contribution in [3.63, 3.8) is 0 Å². The van der Waals surface area contributed by atoms with Crippen LogP contribution >= 0.6 is 23.8 Å². The van der Waals surface area contributed by atoms with E-state index in [1.165, 1.54) is 0 Å². The van der Waals surface area contributed by atoms with E-state index in [1.54, 1.807) is 13.3 Å². The average Bonchev–Trinajstić information content (AvgIpc) is 2.62. The van der Waals surface area contributed by atoms with Crippen molar-refractivity contribution in [2.45, 2.75) is 13.5 Å². The van der Waals surface area contributed by atoms with Crippen molar-refractivity contribution in [3.05, 3.63) is 58.6 Å². The van der Waals surface area contributed by atoms with Crippen LogP contribution in [0.3, 0.4) is 0 Å². The zero-order chi connectivity index (χ0) is 18.1. The van der Waals surface area contributed by atoms with Crippen LogP contribution in [0, 0.1) is 0 Å². The molecule has 0 saturated carbocycles. The predicted molar refractivity (Wildman–Crippen MR) is 106 cm³/mol. The summed E-state index contributed by atoms with van der Waals surface area (Å²) in [5.74, 6) is 1.24. The molecular formula is C18H20ClN3O2S. The van der Waals surface area contributed by atoms with Crippen molar-refractivity contribution in [3.8, 4) is 11.5 Å². The number of nitrogens with one attached hydrogen (secondary N) is 2. The van der Waals surface area contributed by atoms with E-state index in [4.69, 9.17) is 33.3 Å². The molecule has 132 valence electrons. The Morgan fingerprint density at radius 3 is 2.68 bits per heavy atom. The maximum atomic E-state index is 5.95. The Hall–Kier alpha value is -2.31. The highest BCUT2D eigenvalue weighted by Gasteiger charge is 2.09. The fourth-order valence-corrected chi connectivity index (χ4v) is 2.37. The molecule has 0 aliphatic rings. The van der Waals surface area contributed by atoms with Crippen LogP contribution in [0.4, 0.5) is 0 Å². The summed E-state index contributed by atoms with van der Waals surface area (Å²) in [6.45, 7) is 3.08. The molecule has 0 aliphatic heterocycles. The van der Waals surface area contributed by atoms with E-state index in [-0.39, 0.29) is 0 Å². The highest BCUT2D eigenvalue weighted by molar-refractivity contribution is 7.80. The van der Waals surface area contributed by atoms with Crippen molar-refractivity contribution >= 4 is 35.1 Å². The van der Waals surface area contributed by atoms with Gasteiger partial charge >= 0.3 is 0 Å². The first-order chi connectivity index (χ1) is 12.1. The monoisotopic (exact) mass is 377 g/mol. The van der Waals surface area contributed by atoms with E-state index in [1.807, 2.05) is 49.4 Å². The standard InChI is InChI=1S/C18H20ClN3O2S/c1-3-20-18(25)22-21-11-14-5-4-6-16(23-2)17(14)24-12-13-7-9-15(19)10-8-13/h4-11H,3,12H2,1-2H3,(H2,20,22,25)/b21-11-. The molecule has 0 aromatic heterocycles. The minimum atomic E-state index is 0.390. The molecule has 0 bridgehead atoms. The van der Waals surface area contributed by atoms with Crippen molar-refractivity contribution in [2.24, 2.45) is 5.10 Å². The summed E-state index contributed by atoms with van der Waals surface area (Å²) in [4.78, 5) is 0. The van der Waals surface area contributed by atoms with E-state index in [0.29, 0.717) is 28.2 Å². The quantitative estimate of drug-likeness (QED) is 0.437. The lowest BCUT2D eigenvalue weighted by atomic mass is 10.2. The van der Waals surface area contributed by atoms with Crippen LogP contribution in [0.5, 0.6) is 11.5 Å². The topological polar surface area (TPSA) is 54.9 Å². The van der Waals surface area contributed by atoms with Gasteiger partial charge in [0.2, 0.25) is 0 Å². The number of methoxy groups -OCH3 is 1. The van der Waals surface area contributed by atoms with Gasteiger partial charge in [0, 0.05) is 17.1 Å². The Balaban J connectivity index is 2.13. The third-order valence-corrected chi connectivity index (χ3v) is 3.72. The van der Waals surface area contributed by atoms with E-state index >= 15 is 0 Å². The van der Waals surface area contributed by atoms with E-state index in [9.17, 15) is 0 Å². The van der Waals surface area contributed by atoms with Crippen LogP contribution in [-0.4, -0.2) is 25.0 Å². The fraction of sp³-hybridized carbons (Fsp3) is 0.222. The maximum absolute atomic E-state index is 5.95. The first-order valence-corrected chi connectivity index (χ1v) is 8.53. The summed E-state index contributed by atoms with van der Waals surface area (Å²) in [6, 6.07) is 13.1. The lowest BCUT2D eigenvalue weighted by Gasteiger charge is -2.13. The lowest BCUT2D eigenvalue weighted by Crippen LogP contribution is -2.31. The molecule has 0 amide bonds. The second kappa shape index (κ2) is 9.86. The second-order valence-electron chi connectivity index (χ2n) is 5.02. The van der Waals surface area contributed by atoms with Gasteiger partial charge in [-0.2, -0.15) is 5.10 Å². The summed E-state index contributed by atoms with van der Waals surface area (Å²) in [5, 5.41) is 8.25. The van der Waals surface area contributed by atoms with Crippen molar-refractivity contribution in [1.29, 1.82) is 0 Å². The second-order valence-corrected chi connectivity index (χ2v) is 5.87. The van der Waals surface area contributed by atoms with Gasteiger partial charge in [-0.3, -0.25) is 5.43 Å². The molecule has 0 fully saturated rings. The van der Waals surface area contributed by atoms with Gasteiger partial charge in [0.25, 0.3) is 0 Å². The van der Waals surface area contributed by atoms with E-state index < -0.39 is 0 Å². The van der Waals surface area contributed by atoms with Crippen LogP contribution in [0.25, 0.3) is 0 Å². The number of nitrogens with zero attached hydrogens (tertiary/aromatic N) is 1. The maximum Gasteiger partial charge on any atom is 0.186 e. The SMILES string of the molecule is CCNC(=S)N/N=C\c1cccc(OC)c1OCc1ccc(Cl)cc1. The molecule has 0 aliphatic carbocycles. The summed E-state index contributed by atoms with van der Waals surface area (Å²) in [7, 11) is 1.60. The van der Waals surface area contributed by atoms with Gasteiger partial charge in [-0.1, -0.05) is 29.8 Å². The summed E-state index contributed by atoms with van der Waals surface area (Å²) in [5.41, 5.74) is 4.54. The van der Waals surface area contributed by atoms with Crippen LogP contribution in [0.1, 0.15) is 18.1 Å². The molecule has 0 radical (unpaired) electrons. The normalized spacial score (nSPS) is 10.5. The number of hydrazone groups is 1. The van der Waals surface area contributed by atoms with Crippen molar-refractivity contribution in [2.75, 3.05) is 13.7 Å². The number of rotatable bonds is 7. The minimum absolute atomic E-state index is 0.390. The van der Waals surface area contributed by atoms with Gasteiger partial charge in [0.1, 0.15) is 6.61 Å². The highest BCUT2D eigenvalue weighted by Crippen LogP contribution is 2.30. The zero-order valence-electron chi connectivity index (χ0n) is 14.1. The van der Waals surface area contributed by atoms with Gasteiger partial charge in [0.15, 0.2) is 16.6 Å². The molecule has 0 heterocycles. The van der Waals surface area contributed by atoms with Crippen LogP contribution in [-0.2, 0) is 6.61 Å². The van der Waals surface area contributed by atoms with Gasteiger partial charge in [-0.05, 0) is 49.0 Å². The van der Waals surface area contributed by atoms with Crippen LogP contribution < -0.4 is 20.2 Å². The minimum Gasteiger partial charge on any atom is -0.493 e. The molecule has 25 heavy (non-hydrogen) atoms. The molecule has 2 aromatic rings. The molecule has 0 unspecified atom stereocenters. The largest absolute Gasteiger partial charge is 0.493 e. The molecule has 0 spiro atoms. The molecule has 0 saturated heterocycles. The number of thiocarbonyl (C=S) groups is 1. The highest BCUT2D eigenvalue weighted by atomic mass is 35.5. The number of para-hydroxylation sites is 1. The first-order valence-electron chi connectivity index (χ1n) is 7.75. The summed E-state index contributed by atoms with van der Waals surface area (Å²) in [6.07, 6.45) is 1.64. The lowest BCUT2D eigenvalue weighted by molar-refractivity contribution is 0.284. The van der Waals surface area contributed by atoms with Gasteiger partial charge < -0.3 is 14.8 Å². The molecule has 2 aromatic carbocycles. The Bertz CT molecular complexity index is 736. The zero-order valence-corrected chi connectivity index (χ0v) is 15.7. The summed E-state index contributed by atoms with van der Waals surface area (Å²) >= 11 is 11.0. The van der Waals surface area contributed by atoms with Gasteiger partial charge in [-0.25, -0.2) is 0 Å². The fourth-order valence-electron chi connectivity index (χ4n) is 2.05. The molecular weight excluding hydrogens is 358 g/mol. The van der Waals surface area contributed by atoms with Crippen molar-refractivity contribution < 1.29 is 9.47 Å². The molecule has 7 heteroatoms. The number of halogens is 1. The third kappa shape index (κ3) is 5.92. The van der Waals surface area contributed by atoms with Crippen molar-refractivity contribution in [1.82, 2.24) is 10.7 Å². The molecule has 0 atom stereocenters. The smallest absolute Gasteiger partial charge is 0.186 e. The van der Waals surface area contributed by atoms with Gasteiger partial charge in [0.05, 0.1) is 13.3 Å². The number of hydrogen-bond donors (Lipinski definition) is 2. The Labute approximate surface area is 158 Å². The predicted octanol–water partition coefficient (Wildman–Crippen LogP) is 3.75. The average molecular weight is 378 g/mol. The Morgan fingerprint density at radius 1 is 1.24 bits per heavy atom. The Kier molecular flexibility index (Phi) is 7.50. The van der Waals surface area contributed by atoms with E-state index in [2.05, 4.69) is 15.8 Å². The number of ether oxygens (including phenoxy) is 2. The van der Waals surface area contributed by atoms with E-state index in [0.717, 1.165) is 17.7 Å². The molecule has 2 N–H and O–H groups in total. The van der Waals surface area contributed by atoms with Crippen LogP contribution in [0.2, 0.25) is 5.02 Å². The molecule has 2 rings (SSSR count). The molecule has 5 nitrogen and oxygen atoms in total. The van der Waals surface area contributed by atoms with Gasteiger partial charge in [-0.15, -0.1) is 0 Å². The summed E-state index contributed by atoms with van der Waals surface area (Å²) < 4.78 is 11.3. The third-order valence-electron chi connectivity index (χ3n) is 3.23. The van der Waals surface area contributed by atoms with Crippen LogP contribution in [0.15, 0.2) is 47.6 Å². The Morgan fingerprint density at radius 2 is 2.00 bits per heavy atom. The number of benzene rings is 2. The first kappa shape index (κ1) is 19.0.